The first kappa shape index (κ1) is 63.4. The van der Waals surface area contributed by atoms with Crippen LogP contribution in [-0.4, -0.2) is 4.57 Å². The van der Waals surface area contributed by atoms with Crippen LogP contribution in [0.4, 0.5) is 0 Å². The smallest absolute Gasteiger partial charge is 0.0547 e. The average molecular weight is 1420 g/mol. The molecule has 0 unspecified atom stereocenters. The second kappa shape index (κ2) is 26.8. The van der Waals surface area contributed by atoms with Crippen molar-refractivity contribution in [3.63, 3.8) is 0 Å². The Hall–Kier alpha value is -13.2. The van der Waals surface area contributed by atoms with Crippen molar-refractivity contribution < 1.29 is 0 Å². The molecule has 0 fully saturated rings. The van der Waals surface area contributed by atoms with E-state index in [9.17, 15) is 0 Å². The fourth-order valence-electron chi connectivity index (χ4n) is 17.4. The molecule has 1 aliphatic carbocycles. The van der Waals surface area contributed by atoms with Gasteiger partial charge in [0, 0.05) is 20.9 Å². The van der Waals surface area contributed by atoms with Gasteiger partial charge in [0.2, 0.25) is 0 Å². The van der Waals surface area contributed by atoms with Gasteiger partial charge in [-0.25, -0.2) is 0 Å². The molecule has 500 valence electrons. The molecule has 21 aromatic rings. The van der Waals surface area contributed by atoms with Gasteiger partial charge in [-0.1, -0.05) is 368 Å². The van der Waals surface area contributed by atoms with Gasteiger partial charge in [-0.3, -0.25) is 0 Å². The summed E-state index contributed by atoms with van der Waals surface area (Å²) in [7, 11) is 0. The SMILES string of the molecule is Brc1ccc(-c2c3ccccc3c(-c3ccccc3)c3cc(-c4ccccc4)ccc23)cc1.c1ccc(-c2ccc3c(-c4ccc(-n5c6ccc7ccccc7c6c6c7ccccc7ccc65)cc4)c4ccccc4c(-c4ccccc4)c3c2)cc1.c1ccc2c3c(ccc2c1)Cc1ccc2ccccc2c1-3. The molecule has 0 N–H and O–H groups in total. The van der Waals surface area contributed by atoms with Gasteiger partial charge >= 0.3 is 0 Å². The number of nitrogens with zero attached hydrogens (tertiary/aromatic N) is 1. The number of aromatic nitrogens is 1. The third-order valence-corrected chi connectivity index (χ3v) is 22.7. The van der Waals surface area contributed by atoms with Crippen LogP contribution in [0.15, 0.2) is 405 Å². The van der Waals surface area contributed by atoms with E-state index in [1.165, 1.54) is 197 Å². The fourth-order valence-corrected chi connectivity index (χ4v) is 17.6. The van der Waals surface area contributed by atoms with E-state index in [4.69, 9.17) is 0 Å². The van der Waals surface area contributed by atoms with Gasteiger partial charge in [0.1, 0.15) is 0 Å². The number of benzene rings is 20. The normalized spacial score (nSPS) is 11.7. The molecule has 0 saturated heterocycles. The van der Waals surface area contributed by atoms with Gasteiger partial charge in [0.25, 0.3) is 0 Å². The zero-order valence-electron chi connectivity index (χ0n) is 58.6. The minimum absolute atomic E-state index is 1.06. The number of fused-ring (bicyclic) bond motifs is 18. The molecule has 1 aliphatic rings. The first-order chi connectivity index (χ1) is 53.0. The molecular weight excluding hydrogens is 1360 g/mol. The van der Waals surface area contributed by atoms with E-state index in [-0.39, 0.29) is 0 Å². The lowest BCUT2D eigenvalue weighted by molar-refractivity contribution is 1.18. The van der Waals surface area contributed by atoms with Crippen LogP contribution < -0.4 is 0 Å². The topological polar surface area (TPSA) is 4.93 Å². The van der Waals surface area contributed by atoms with Crippen molar-refractivity contribution in [3.8, 4) is 83.6 Å². The highest BCUT2D eigenvalue weighted by Crippen LogP contribution is 2.50. The molecule has 0 radical (unpaired) electrons. The van der Waals surface area contributed by atoms with E-state index in [2.05, 4.69) is 421 Å². The lowest BCUT2D eigenvalue weighted by atomic mass is 9.85. The quantitative estimate of drug-likeness (QED) is 0.140. The maximum absolute atomic E-state index is 3.60. The van der Waals surface area contributed by atoms with E-state index in [0.29, 0.717) is 0 Å². The van der Waals surface area contributed by atoms with Crippen molar-refractivity contribution >= 4 is 124 Å². The number of hydrogen-bond acceptors (Lipinski definition) is 0. The van der Waals surface area contributed by atoms with Crippen LogP contribution in [0.1, 0.15) is 11.1 Å². The predicted octanol–water partition coefficient (Wildman–Crippen LogP) is 29.7. The molecular formula is C105H68BrN. The van der Waals surface area contributed by atoms with Gasteiger partial charge in [-0.15, -0.1) is 0 Å². The van der Waals surface area contributed by atoms with Crippen molar-refractivity contribution in [1.82, 2.24) is 4.57 Å². The van der Waals surface area contributed by atoms with Crippen molar-refractivity contribution in [2.24, 2.45) is 0 Å². The van der Waals surface area contributed by atoms with E-state index in [1.807, 2.05) is 0 Å². The van der Waals surface area contributed by atoms with Crippen molar-refractivity contribution in [2.75, 3.05) is 0 Å². The summed E-state index contributed by atoms with van der Waals surface area (Å²) in [6.07, 6.45) is 1.06. The third kappa shape index (κ3) is 11.1. The number of hydrogen-bond donors (Lipinski definition) is 0. The summed E-state index contributed by atoms with van der Waals surface area (Å²) < 4.78 is 3.54. The van der Waals surface area contributed by atoms with Crippen molar-refractivity contribution in [2.45, 2.75) is 6.42 Å². The van der Waals surface area contributed by atoms with Gasteiger partial charge in [0.05, 0.1) is 11.0 Å². The Kier molecular flexibility index (Phi) is 15.9. The third-order valence-electron chi connectivity index (χ3n) is 22.1. The minimum Gasteiger partial charge on any atom is -0.309 e. The summed E-state index contributed by atoms with van der Waals surface area (Å²) in [5, 5.41) is 23.3. The zero-order chi connectivity index (χ0) is 70.9. The van der Waals surface area contributed by atoms with E-state index >= 15 is 0 Å². The average Bonchev–Trinajstić information content (AvgIpc) is 1.67. The molecule has 107 heavy (non-hydrogen) atoms. The summed E-state index contributed by atoms with van der Waals surface area (Å²) in [5.74, 6) is 0. The Bertz CT molecular complexity index is 6860. The molecule has 20 aromatic carbocycles. The van der Waals surface area contributed by atoms with Crippen LogP contribution >= 0.6 is 15.9 Å². The molecule has 1 heterocycles. The Labute approximate surface area is 629 Å². The van der Waals surface area contributed by atoms with E-state index in [1.54, 1.807) is 0 Å². The fraction of sp³-hybridized carbons (Fsp3) is 0.00952. The van der Waals surface area contributed by atoms with Crippen molar-refractivity contribution in [3.05, 3.63) is 416 Å². The van der Waals surface area contributed by atoms with Crippen LogP contribution in [0.3, 0.4) is 0 Å². The van der Waals surface area contributed by atoms with E-state index in [0.717, 1.165) is 16.6 Å². The summed E-state index contributed by atoms with van der Waals surface area (Å²) in [6.45, 7) is 0. The van der Waals surface area contributed by atoms with Crippen LogP contribution in [0.25, 0.3) is 192 Å². The molecule has 0 saturated carbocycles. The minimum atomic E-state index is 1.06. The molecule has 0 bridgehead atoms. The molecule has 0 aliphatic heterocycles. The molecule has 1 aromatic heterocycles. The van der Waals surface area contributed by atoms with Gasteiger partial charge in [-0.05, 0) is 230 Å². The lowest BCUT2D eigenvalue weighted by Crippen LogP contribution is -1.95. The van der Waals surface area contributed by atoms with Crippen molar-refractivity contribution in [1.29, 1.82) is 0 Å². The van der Waals surface area contributed by atoms with Crippen LogP contribution in [0, 0.1) is 0 Å². The van der Waals surface area contributed by atoms with Gasteiger partial charge < -0.3 is 4.57 Å². The number of halogens is 1. The molecule has 2 heteroatoms. The molecule has 1 nitrogen and oxygen atoms in total. The van der Waals surface area contributed by atoms with Crippen LogP contribution in [0.5, 0.6) is 0 Å². The maximum atomic E-state index is 3.60. The number of rotatable bonds is 7. The standard InChI is InChI=1S/C52H33N.C32H21Br.C21H14/c1-3-13-34(14-4-1)39-25-30-45-46(33-39)50(37-17-5-2-6-18-37)44-22-12-11-21-43(44)49(45)38-23-28-40(29-24-38)53-47-31-26-35-15-7-9-19-41(35)51(47)52-42-20-10-8-16-36(42)27-32-48(52)53;33-26-18-15-24(16-19-26)31-27-13-7-8-14-28(27)32(23-11-5-2-6-12-23)30-21-25(17-20-29(30)31)22-9-3-1-4-10-22;1-3-7-18-14(5-1)9-11-16-13-17-12-10-15-6-2-4-8-19(15)21(17)20(16)18/h1-33H;1-21H;1-12H,13H2. The highest BCUT2D eigenvalue weighted by molar-refractivity contribution is 9.10. The Morgan fingerprint density at radius 1 is 0.187 bits per heavy atom. The van der Waals surface area contributed by atoms with E-state index < -0.39 is 0 Å². The Morgan fingerprint density at radius 2 is 0.467 bits per heavy atom. The first-order valence-electron chi connectivity index (χ1n) is 36.9. The predicted molar refractivity (Wildman–Crippen MR) is 462 cm³/mol. The Balaban J connectivity index is 0.000000118. The largest absolute Gasteiger partial charge is 0.309 e. The van der Waals surface area contributed by atoms with Gasteiger partial charge in [0.15, 0.2) is 0 Å². The molecule has 0 atom stereocenters. The molecule has 0 spiro atoms. The highest BCUT2D eigenvalue weighted by Gasteiger charge is 2.25. The molecule has 22 rings (SSSR count). The Morgan fingerprint density at radius 3 is 0.860 bits per heavy atom. The summed E-state index contributed by atoms with van der Waals surface area (Å²) in [4.78, 5) is 0. The second-order valence-electron chi connectivity index (χ2n) is 28.1. The monoisotopic (exact) mass is 1420 g/mol. The summed E-state index contributed by atoms with van der Waals surface area (Å²) in [5.41, 5.74) is 24.3. The first-order valence-corrected chi connectivity index (χ1v) is 37.7. The summed E-state index contributed by atoms with van der Waals surface area (Å²) >= 11 is 3.60. The highest BCUT2D eigenvalue weighted by atomic mass is 79.9. The second-order valence-corrected chi connectivity index (χ2v) is 29.1. The molecule has 0 amide bonds. The van der Waals surface area contributed by atoms with Gasteiger partial charge in [-0.2, -0.15) is 0 Å². The summed E-state index contributed by atoms with van der Waals surface area (Å²) in [6, 6.07) is 146. The maximum Gasteiger partial charge on any atom is 0.0547 e. The lowest BCUT2D eigenvalue weighted by Gasteiger charge is -2.19. The zero-order valence-corrected chi connectivity index (χ0v) is 60.2. The van der Waals surface area contributed by atoms with Crippen LogP contribution in [0.2, 0.25) is 0 Å². The van der Waals surface area contributed by atoms with Crippen LogP contribution in [-0.2, 0) is 6.42 Å².